The van der Waals surface area contributed by atoms with Crippen molar-refractivity contribution in [2.24, 2.45) is 0 Å². The van der Waals surface area contributed by atoms with E-state index in [1.165, 1.54) is 6.42 Å². The van der Waals surface area contributed by atoms with Crippen molar-refractivity contribution in [2.75, 3.05) is 19.7 Å². The minimum Gasteiger partial charge on any atom is -0.375 e. The number of sulfonamides is 1. The lowest BCUT2D eigenvalue weighted by Crippen LogP contribution is -2.49. The molecule has 0 bridgehead atoms. The highest BCUT2D eigenvalue weighted by molar-refractivity contribution is 7.89. The lowest BCUT2D eigenvalue weighted by Gasteiger charge is -2.43. The Morgan fingerprint density at radius 1 is 1.14 bits per heavy atom. The third-order valence-corrected chi connectivity index (χ3v) is 6.78. The van der Waals surface area contributed by atoms with Gasteiger partial charge in [-0.05, 0) is 46.0 Å². The predicted molar refractivity (Wildman–Crippen MR) is 76.5 cm³/mol. The number of aryl methyl sites for hydroxylation is 2. The summed E-state index contributed by atoms with van der Waals surface area (Å²) in [5.41, 5.74) is 0.338. The summed E-state index contributed by atoms with van der Waals surface area (Å²) in [6.07, 6.45) is 4.89. The van der Waals surface area contributed by atoms with Crippen LogP contribution in [0.15, 0.2) is 9.42 Å². The van der Waals surface area contributed by atoms with E-state index in [-0.39, 0.29) is 10.5 Å². The van der Waals surface area contributed by atoms with Crippen molar-refractivity contribution < 1.29 is 17.7 Å². The van der Waals surface area contributed by atoms with Crippen molar-refractivity contribution in [3.05, 3.63) is 11.5 Å². The molecule has 1 spiro atoms. The third kappa shape index (κ3) is 2.62. The van der Waals surface area contributed by atoms with Gasteiger partial charge in [-0.2, -0.15) is 4.31 Å². The van der Waals surface area contributed by atoms with Crippen molar-refractivity contribution in [2.45, 2.75) is 56.4 Å². The van der Waals surface area contributed by atoms with E-state index in [1.807, 2.05) is 0 Å². The van der Waals surface area contributed by atoms with Crippen LogP contribution in [0.25, 0.3) is 0 Å². The predicted octanol–water partition coefficient (Wildman–Crippen LogP) is 2.02. The first kappa shape index (κ1) is 15.0. The molecule has 0 N–H and O–H groups in total. The Kier molecular flexibility index (Phi) is 3.83. The molecule has 6 nitrogen and oxygen atoms in total. The normalized spacial score (nSPS) is 23.5. The molecule has 0 atom stereocenters. The average molecular weight is 314 g/mol. The number of piperidine rings is 1. The van der Waals surface area contributed by atoms with Crippen LogP contribution in [0.1, 0.15) is 43.6 Å². The monoisotopic (exact) mass is 314 g/mol. The molecule has 0 unspecified atom stereocenters. The van der Waals surface area contributed by atoms with E-state index in [4.69, 9.17) is 9.26 Å². The second-order valence-corrected chi connectivity index (χ2v) is 7.92. The Bertz CT molecular complexity index is 587. The van der Waals surface area contributed by atoms with Crippen LogP contribution < -0.4 is 0 Å². The Hall–Kier alpha value is -0.920. The molecular weight excluding hydrogens is 292 g/mol. The second kappa shape index (κ2) is 5.37. The molecule has 0 aromatic carbocycles. The van der Waals surface area contributed by atoms with Gasteiger partial charge in [0.2, 0.25) is 10.0 Å². The molecule has 21 heavy (non-hydrogen) atoms. The molecule has 118 valence electrons. The Morgan fingerprint density at radius 2 is 1.86 bits per heavy atom. The summed E-state index contributed by atoms with van der Waals surface area (Å²) >= 11 is 0. The van der Waals surface area contributed by atoms with Crippen LogP contribution in [0.4, 0.5) is 0 Å². The lowest BCUT2D eigenvalue weighted by atomic mass is 9.85. The molecule has 2 aliphatic rings. The van der Waals surface area contributed by atoms with Gasteiger partial charge in [-0.25, -0.2) is 8.42 Å². The molecule has 2 aliphatic heterocycles. The van der Waals surface area contributed by atoms with Gasteiger partial charge in [-0.15, -0.1) is 0 Å². The van der Waals surface area contributed by atoms with Crippen molar-refractivity contribution in [3.8, 4) is 0 Å². The third-order valence-electron chi connectivity index (χ3n) is 4.63. The standard InChI is InChI=1S/C14H22N2O4S/c1-11-13(12(2)20-15-11)21(17,18)16-8-6-14(7-9-16)5-3-4-10-19-14/h3-10H2,1-2H3. The fourth-order valence-electron chi connectivity index (χ4n) is 3.41. The fraction of sp³-hybridized carbons (Fsp3) is 0.786. The van der Waals surface area contributed by atoms with Crippen LogP contribution in [0.5, 0.6) is 0 Å². The van der Waals surface area contributed by atoms with Gasteiger partial charge in [0.25, 0.3) is 0 Å². The summed E-state index contributed by atoms with van der Waals surface area (Å²) in [7, 11) is -3.51. The van der Waals surface area contributed by atoms with E-state index in [2.05, 4.69) is 5.16 Å². The van der Waals surface area contributed by atoms with Gasteiger partial charge >= 0.3 is 0 Å². The molecule has 3 heterocycles. The minimum absolute atomic E-state index is 0.0942. The van der Waals surface area contributed by atoms with Crippen LogP contribution in [-0.4, -0.2) is 43.2 Å². The quantitative estimate of drug-likeness (QED) is 0.835. The zero-order chi connectivity index (χ0) is 15.1. The minimum atomic E-state index is -3.51. The SMILES string of the molecule is Cc1noc(C)c1S(=O)(=O)N1CCC2(CCCCO2)CC1. The lowest BCUT2D eigenvalue weighted by molar-refractivity contribution is -0.103. The van der Waals surface area contributed by atoms with E-state index < -0.39 is 10.0 Å². The van der Waals surface area contributed by atoms with Gasteiger partial charge in [0, 0.05) is 19.7 Å². The number of hydrogen-bond acceptors (Lipinski definition) is 5. The number of ether oxygens (including phenoxy) is 1. The maximum atomic E-state index is 12.7. The van der Waals surface area contributed by atoms with Crippen molar-refractivity contribution in [3.63, 3.8) is 0 Å². The molecular formula is C14H22N2O4S. The molecule has 2 fully saturated rings. The van der Waals surface area contributed by atoms with Gasteiger partial charge in [0.05, 0.1) is 5.60 Å². The summed E-state index contributed by atoms with van der Waals surface area (Å²) in [4.78, 5) is 0.225. The topological polar surface area (TPSA) is 72.6 Å². The zero-order valence-corrected chi connectivity index (χ0v) is 13.4. The first-order chi connectivity index (χ1) is 9.95. The van der Waals surface area contributed by atoms with E-state index in [9.17, 15) is 8.42 Å². The van der Waals surface area contributed by atoms with E-state index in [0.717, 1.165) is 32.3 Å². The van der Waals surface area contributed by atoms with Gasteiger partial charge in [-0.3, -0.25) is 0 Å². The molecule has 0 saturated carbocycles. The highest BCUT2D eigenvalue weighted by atomic mass is 32.2. The van der Waals surface area contributed by atoms with Crippen molar-refractivity contribution in [1.82, 2.24) is 9.46 Å². The summed E-state index contributed by atoms with van der Waals surface area (Å²) in [6, 6.07) is 0. The summed E-state index contributed by atoms with van der Waals surface area (Å²) in [5, 5.41) is 3.76. The molecule has 7 heteroatoms. The molecule has 1 aromatic heterocycles. The summed E-state index contributed by atoms with van der Waals surface area (Å²) in [6.45, 7) is 5.12. The summed E-state index contributed by atoms with van der Waals surface area (Å²) < 4.78 is 38.0. The molecule has 0 radical (unpaired) electrons. The van der Waals surface area contributed by atoms with Gasteiger partial charge in [-0.1, -0.05) is 5.16 Å². The summed E-state index contributed by atoms with van der Waals surface area (Å²) in [5.74, 6) is 0.363. The highest BCUT2D eigenvalue weighted by Crippen LogP contribution is 2.36. The smallest absolute Gasteiger partial charge is 0.248 e. The zero-order valence-electron chi connectivity index (χ0n) is 12.6. The molecule has 3 rings (SSSR count). The molecule has 1 aromatic rings. The Labute approximate surface area is 125 Å². The number of aromatic nitrogens is 1. The van der Waals surface area contributed by atoms with Crippen LogP contribution in [-0.2, 0) is 14.8 Å². The van der Waals surface area contributed by atoms with Crippen molar-refractivity contribution in [1.29, 1.82) is 0 Å². The largest absolute Gasteiger partial charge is 0.375 e. The Balaban J connectivity index is 1.77. The molecule has 0 aliphatic carbocycles. The number of rotatable bonds is 2. The molecule has 2 saturated heterocycles. The second-order valence-electron chi connectivity index (χ2n) is 6.05. The fourth-order valence-corrected chi connectivity index (χ4v) is 5.14. The first-order valence-electron chi connectivity index (χ1n) is 7.52. The van der Waals surface area contributed by atoms with Crippen LogP contribution >= 0.6 is 0 Å². The maximum Gasteiger partial charge on any atom is 0.248 e. The number of hydrogen-bond donors (Lipinski definition) is 0. The molecule has 0 amide bonds. The van der Waals surface area contributed by atoms with Crippen LogP contribution in [0.3, 0.4) is 0 Å². The van der Waals surface area contributed by atoms with Gasteiger partial charge in [0.1, 0.15) is 10.6 Å². The highest BCUT2D eigenvalue weighted by Gasteiger charge is 2.41. The van der Waals surface area contributed by atoms with Crippen molar-refractivity contribution >= 4 is 10.0 Å². The van der Waals surface area contributed by atoms with E-state index >= 15 is 0 Å². The van der Waals surface area contributed by atoms with Crippen LogP contribution in [0, 0.1) is 13.8 Å². The Morgan fingerprint density at radius 3 is 2.38 bits per heavy atom. The van der Waals surface area contributed by atoms with E-state index in [0.29, 0.717) is 24.5 Å². The maximum absolute atomic E-state index is 12.7. The van der Waals surface area contributed by atoms with Gasteiger partial charge < -0.3 is 9.26 Å². The van der Waals surface area contributed by atoms with Crippen LogP contribution in [0.2, 0.25) is 0 Å². The average Bonchev–Trinajstić information content (AvgIpc) is 2.80. The first-order valence-corrected chi connectivity index (χ1v) is 8.96. The van der Waals surface area contributed by atoms with E-state index in [1.54, 1.807) is 18.2 Å². The van der Waals surface area contributed by atoms with Gasteiger partial charge in [0.15, 0.2) is 5.76 Å². The number of nitrogens with zero attached hydrogens (tertiary/aromatic N) is 2.